The third-order valence-electron chi connectivity index (χ3n) is 6.41. The minimum Gasteiger partial charge on any atom is -0.444 e. The number of alkyl carbamates (subject to hydrolysis) is 1. The molecule has 1 rings (SSSR count). The molecule has 0 aliphatic rings. The van der Waals surface area contributed by atoms with Crippen LogP contribution in [0.4, 0.5) is 4.79 Å². The normalized spacial score (nSPS) is 15.0. The van der Waals surface area contributed by atoms with E-state index < -0.39 is 23.8 Å². The molecule has 7 nitrogen and oxygen atoms in total. The van der Waals surface area contributed by atoms with Crippen LogP contribution in [0.25, 0.3) is 0 Å². The van der Waals surface area contributed by atoms with Gasteiger partial charge in [-0.05, 0) is 83.9 Å². The van der Waals surface area contributed by atoms with E-state index in [1.807, 2.05) is 66.7 Å². The highest BCUT2D eigenvalue weighted by atomic mass is 16.6. The quantitative estimate of drug-likeness (QED) is 0.398. The van der Waals surface area contributed by atoms with Gasteiger partial charge in [-0.15, -0.1) is 0 Å². The number of hydrogen-bond acceptors (Lipinski definition) is 4. The second-order valence-electron chi connectivity index (χ2n) is 11.3. The van der Waals surface area contributed by atoms with E-state index in [-0.39, 0.29) is 29.8 Å². The van der Waals surface area contributed by atoms with Crippen LogP contribution >= 0.6 is 0 Å². The van der Waals surface area contributed by atoms with Gasteiger partial charge in [0.2, 0.25) is 11.8 Å². The van der Waals surface area contributed by atoms with E-state index in [1.165, 1.54) is 0 Å². The van der Waals surface area contributed by atoms with Crippen molar-refractivity contribution in [3.05, 3.63) is 34.9 Å². The Morgan fingerprint density at radius 3 is 2.06 bits per heavy atom. The molecule has 0 aliphatic carbocycles. The molecule has 0 fully saturated rings. The molecule has 0 saturated carbocycles. The molecule has 0 aromatic heterocycles. The highest BCUT2D eigenvalue weighted by Gasteiger charge is 2.39. The molecule has 36 heavy (non-hydrogen) atoms. The fourth-order valence-electron chi connectivity index (χ4n) is 4.10. The summed E-state index contributed by atoms with van der Waals surface area (Å²) in [4.78, 5) is 42.2. The molecule has 0 aliphatic heterocycles. The van der Waals surface area contributed by atoms with Gasteiger partial charge in [-0.25, -0.2) is 4.79 Å². The van der Waals surface area contributed by atoms with E-state index in [2.05, 4.69) is 17.6 Å². The predicted octanol–water partition coefficient (Wildman–Crippen LogP) is 5.83. The number of hydrogen-bond donors (Lipinski definition) is 2. The number of carbonyl (C=O) groups excluding carboxylic acids is 3. The van der Waals surface area contributed by atoms with Crippen LogP contribution in [-0.4, -0.2) is 46.5 Å². The van der Waals surface area contributed by atoms with Gasteiger partial charge >= 0.3 is 6.09 Å². The fourth-order valence-corrected chi connectivity index (χ4v) is 4.10. The molecule has 1 aromatic rings. The maximum absolute atomic E-state index is 14.1. The van der Waals surface area contributed by atoms with Crippen LogP contribution in [0.15, 0.2) is 18.2 Å². The van der Waals surface area contributed by atoms with Gasteiger partial charge in [0.15, 0.2) is 0 Å². The number of nitrogens with one attached hydrogen (secondary N) is 2. The van der Waals surface area contributed by atoms with Crippen molar-refractivity contribution in [2.75, 3.05) is 0 Å². The number of rotatable bonds is 11. The largest absolute Gasteiger partial charge is 0.444 e. The number of carbonyl (C=O) groups is 3. The highest BCUT2D eigenvalue weighted by Crippen LogP contribution is 2.29. The van der Waals surface area contributed by atoms with Crippen molar-refractivity contribution in [2.45, 2.75) is 125 Å². The zero-order chi connectivity index (χ0) is 27.8. The molecule has 4 atom stereocenters. The van der Waals surface area contributed by atoms with E-state index in [1.54, 1.807) is 25.7 Å². The Labute approximate surface area is 218 Å². The Kier molecular flexibility index (Phi) is 11.9. The lowest BCUT2D eigenvalue weighted by molar-refractivity contribution is -0.146. The zero-order valence-corrected chi connectivity index (χ0v) is 24.3. The second-order valence-corrected chi connectivity index (χ2v) is 11.3. The number of amides is 3. The number of benzene rings is 1. The third-order valence-corrected chi connectivity index (χ3v) is 6.41. The molecule has 7 heteroatoms. The molecule has 0 saturated heterocycles. The topological polar surface area (TPSA) is 87.7 Å². The van der Waals surface area contributed by atoms with Crippen molar-refractivity contribution < 1.29 is 19.1 Å². The first-order valence-electron chi connectivity index (χ1n) is 13.3. The van der Waals surface area contributed by atoms with Gasteiger partial charge in [0.25, 0.3) is 0 Å². The first-order valence-corrected chi connectivity index (χ1v) is 13.3. The maximum Gasteiger partial charge on any atom is 0.408 e. The van der Waals surface area contributed by atoms with Gasteiger partial charge in [0.1, 0.15) is 17.7 Å². The van der Waals surface area contributed by atoms with Gasteiger partial charge in [-0.3, -0.25) is 9.59 Å². The third kappa shape index (κ3) is 9.14. The minimum absolute atomic E-state index is 0.0220. The summed E-state index contributed by atoms with van der Waals surface area (Å²) in [5, 5.41) is 5.90. The summed E-state index contributed by atoms with van der Waals surface area (Å²) in [7, 11) is 0. The standard InChI is InChI=1S/C29H49N3O4/c1-12-14-21(7)30-26(33)25(23-16-15-19(5)20(6)17-23)32(22(8)13-2)27(34)24(18(3)4)31-28(35)36-29(9,10)11/h15-18,21-22,24-25H,12-14H2,1-11H3,(H,30,33)(H,31,35). The molecule has 3 amide bonds. The summed E-state index contributed by atoms with van der Waals surface area (Å²) >= 11 is 0. The van der Waals surface area contributed by atoms with Gasteiger partial charge in [-0.1, -0.05) is 52.3 Å². The van der Waals surface area contributed by atoms with Crippen molar-refractivity contribution in [3.63, 3.8) is 0 Å². The summed E-state index contributed by atoms with van der Waals surface area (Å²) < 4.78 is 5.44. The Balaban J connectivity index is 3.56. The van der Waals surface area contributed by atoms with Crippen LogP contribution in [0.2, 0.25) is 0 Å². The van der Waals surface area contributed by atoms with Crippen molar-refractivity contribution in [2.24, 2.45) is 5.92 Å². The van der Waals surface area contributed by atoms with E-state index in [4.69, 9.17) is 4.74 Å². The molecule has 0 radical (unpaired) electrons. The molecular weight excluding hydrogens is 454 g/mol. The Morgan fingerprint density at radius 1 is 0.972 bits per heavy atom. The number of nitrogens with zero attached hydrogens (tertiary/aromatic N) is 1. The molecule has 0 heterocycles. The number of aryl methyl sites for hydroxylation is 2. The number of ether oxygens (including phenoxy) is 1. The second kappa shape index (κ2) is 13.7. The summed E-state index contributed by atoms with van der Waals surface area (Å²) in [6.45, 7) is 21.1. The average molecular weight is 504 g/mol. The van der Waals surface area contributed by atoms with Crippen molar-refractivity contribution >= 4 is 17.9 Å². The molecule has 4 unspecified atom stereocenters. The SMILES string of the molecule is CCCC(C)NC(=O)C(c1ccc(C)c(C)c1)N(C(=O)C(NC(=O)OC(C)(C)C)C(C)C)C(C)CC. The van der Waals surface area contributed by atoms with Gasteiger partial charge < -0.3 is 20.3 Å². The van der Waals surface area contributed by atoms with Crippen LogP contribution in [0, 0.1) is 19.8 Å². The summed E-state index contributed by atoms with van der Waals surface area (Å²) in [5.41, 5.74) is 2.23. The lowest BCUT2D eigenvalue weighted by atomic mass is 9.94. The fraction of sp³-hybridized carbons (Fsp3) is 0.690. The van der Waals surface area contributed by atoms with E-state index in [9.17, 15) is 14.4 Å². The Hall–Kier alpha value is -2.57. The summed E-state index contributed by atoms with van der Waals surface area (Å²) in [6.07, 6.45) is 1.79. The first-order chi connectivity index (χ1) is 16.6. The van der Waals surface area contributed by atoms with Crippen LogP contribution in [0.5, 0.6) is 0 Å². The smallest absolute Gasteiger partial charge is 0.408 e. The van der Waals surface area contributed by atoms with E-state index in [0.717, 1.165) is 29.5 Å². The lowest BCUT2D eigenvalue weighted by Crippen LogP contribution is -2.57. The Bertz CT molecular complexity index is 891. The molecule has 0 spiro atoms. The molecule has 1 aromatic carbocycles. The van der Waals surface area contributed by atoms with Gasteiger partial charge in [0.05, 0.1) is 0 Å². The molecule has 0 bridgehead atoms. The van der Waals surface area contributed by atoms with Gasteiger partial charge in [0, 0.05) is 12.1 Å². The molecule has 204 valence electrons. The first kappa shape index (κ1) is 31.5. The van der Waals surface area contributed by atoms with Crippen molar-refractivity contribution in [1.29, 1.82) is 0 Å². The van der Waals surface area contributed by atoms with Crippen molar-refractivity contribution in [3.8, 4) is 0 Å². The van der Waals surface area contributed by atoms with Crippen LogP contribution in [-0.2, 0) is 14.3 Å². The Morgan fingerprint density at radius 2 is 1.58 bits per heavy atom. The van der Waals surface area contributed by atoms with Gasteiger partial charge in [-0.2, -0.15) is 0 Å². The summed E-state index contributed by atoms with van der Waals surface area (Å²) in [6, 6.07) is 3.96. The summed E-state index contributed by atoms with van der Waals surface area (Å²) in [5.74, 6) is -0.724. The predicted molar refractivity (Wildman–Crippen MR) is 146 cm³/mol. The lowest BCUT2D eigenvalue weighted by Gasteiger charge is -2.39. The van der Waals surface area contributed by atoms with E-state index >= 15 is 0 Å². The highest BCUT2D eigenvalue weighted by molar-refractivity contribution is 5.92. The average Bonchev–Trinajstić information content (AvgIpc) is 2.75. The van der Waals surface area contributed by atoms with E-state index in [0.29, 0.717) is 6.42 Å². The van der Waals surface area contributed by atoms with Crippen LogP contribution in [0.3, 0.4) is 0 Å². The zero-order valence-electron chi connectivity index (χ0n) is 24.3. The maximum atomic E-state index is 14.1. The van der Waals surface area contributed by atoms with Crippen LogP contribution in [0.1, 0.15) is 104 Å². The monoisotopic (exact) mass is 503 g/mol. The molecule has 2 N–H and O–H groups in total. The van der Waals surface area contributed by atoms with Crippen LogP contribution < -0.4 is 10.6 Å². The minimum atomic E-state index is -0.844. The van der Waals surface area contributed by atoms with Crippen molar-refractivity contribution in [1.82, 2.24) is 15.5 Å². The molecular formula is C29H49N3O4.